The van der Waals surface area contributed by atoms with Crippen molar-refractivity contribution in [1.82, 2.24) is 7.42 Å². The van der Waals surface area contributed by atoms with E-state index in [2.05, 4.69) is 26.0 Å². The Morgan fingerprint density at radius 3 is 2.42 bits per heavy atom. The van der Waals surface area contributed by atoms with Gasteiger partial charge in [0.25, 0.3) is 0 Å². The zero-order chi connectivity index (χ0) is 9.35. The molecule has 1 fully saturated rings. The van der Waals surface area contributed by atoms with Crippen molar-refractivity contribution in [3.63, 3.8) is 0 Å². The van der Waals surface area contributed by atoms with Crippen LogP contribution in [0.1, 0.15) is 6.92 Å². The zero-order valence-electron chi connectivity index (χ0n) is 7.20. The third-order valence-electron chi connectivity index (χ3n) is 1.94. The van der Waals surface area contributed by atoms with Crippen LogP contribution >= 0.6 is 22.9 Å². The van der Waals surface area contributed by atoms with Crippen molar-refractivity contribution >= 4 is 32.9 Å². The molecule has 1 aliphatic rings. The molecule has 0 saturated carbocycles. The summed E-state index contributed by atoms with van der Waals surface area (Å²) in [7, 11) is -3.00. The molecule has 1 heterocycles. The first-order chi connectivity index (χ1) is 5.41. The highest BCUT2D eigenvalue weighted by molar-refractivity contribution is 14.1. The molecule has 0 aromatic rings. The lowest BCUT2D eigenvalue weighted by atomic mass is 10.3. The summed E-state index contributed by atoms with van der Waals surface area (Å²) in [4.78, 5) is 0. The first-order valence-electron chi connectivity index (χ1n) is 3.79. The number of nitrogens with zero attached hydrogens (tertiary/aromatic N) is 2. The maximum Gasteiger partial charge on any atom is 0.211 e. The number of rotatable bonds is 1. The summed E-state index contributed by atoms with van der Waals surface area (Å²) in [5, 5.41) is 0. The largest absolute Gasteiger partial charge is 0.245 e. The van der Waals surface area contributed by atoms with Gasteiger partial charge in [0.05, 0.1) is 6.26 Å². The van der Waals surface area contributed by atoms with Gasteiger partial charge in [-0.15, -0.1) is 0 Å². The first-order valence-corrected chi connectivity index (χ1v) is 6.60. The number of piperazine rings is 1. The smallest absolute Gasteiger partial charge is 0.211 e. The Morgan fingerprint density at radius 2 is 2.00 bits per heavy atom. The van der Waals surface area contributed by atoms with Gasteiger partial charge in [-0.2, -0.15) is 4.31 Å². The summed E-state index contributed by atoms with van der Waals surface area (Å²) in [6, 6.07) is 0.102. The molecular formula is C6H13IN2O2S. The average Bonchev–Trinajstić information content (AvgIpc) is 1.83. The summed E-state index contributed by atoms with van der Waals surface area (Å²) in [6.45, 7) is 4.18. The highest BCUT2D eigenvalue weighted by atomic mass is 127. The number of halogens is 1. The van der Waals surface area contributed by atoms with E-state index >= 15 is 0 Å². The van der Waals surface area contributed by atoms with E-state index in [0.717, 1.165) is 13.1 Å². The normalized spacial score (nSPS) is 29.1. The van der Waals surface area contributed by atoms with E-state index in [1.165, 1.54) is 6.26 Å². The van der Waals surface area contributed by atoms with Crippen molar-refractivity contribution in [1.29, 1.82) is 0 Å². The molecular weight excluding hydrogens is 291 g/mol. The van der Waals surface area contributed by atoms with E-state index in [1.54, 1.807) is 4.31 Å². The highest BCUT2D eigenvalue weighted by Crippen LogP contribution is 2.15. The number of hydrogen-bond acceptors (Lipinski definition) is 3. The molecule has 0 aliphatic carbocycles. The molecule has 1 aliphatic heterocycles. The minimum absolute atomic E-state index is 0.102. The van der Waals surface area contributed by atoms with E-state index in [-0.39, 0.29) is 6.04 Å². The highest BCUT2D eigenvalue weighted by Gasteiger charge is 2.28. The lowest BCUT2D eigenvalue weighted by Gasteiger charge is -2.35. The van der Waals surface area contributed by atoms with Gasteiger partial charge in [0, 0.05) is 48.5 Å². The topological polar surface area (TPSA) is 40.6 Å². The fraction of sp³-hybridized carbons (Fsp3) is 1.00. The van der Waals surface area contributed by atoms with Gasteiger partial charge in [-0.25, -0.2) is 11.5 Å². The van der Waals surface area contributed by atoms with Crippen molar-refractivity contribution in [2.24, 2.45) is 0 Å². The molecule has 6 heteroatoms. The lowest BCUT2D eigenvalue weighted by Crippen LogP contribution is -2.50. The van der Waals surface area contributed by atoms with Gasteiger partial charge in [-0.05, 0) is 6.92 Å². The minimum atomic E-state index is -3.00. The predicted molar refractivity (Wildman–Crippen MR) is 56.6 cm³/mol. The SMILES string of the molecule is C[C@H]1CN(I)CCN1S(C)(=O)=O. The maximum atomic E-state index is 11.2. The quantitative estimate of drug-likeness (QED) is 0.517. The summed E-state index contributed by atoms with van der Waals surface area (Å²) < 4.78 is 26.1. The van der Waals surface area contributed by atoms with Crippen LogP contribution in [0.15, 0.2) is 0 Å². The number of hydrogen-bond donors (Lipinski definition) is 0. The van der Waals surface area contributed by atoms with Crippen molar-refractivity contribution in [2.75, 3.05) is 25.9 Å². The second-order valence-electron chi connectivity index (χ2n) is 3.09. The van der Waals surface area contributed by atoms with Gasteiger partial charge in [-0.3, -0.25) is 0 Å². The lowest BCUT2D eigenvalue weighted by molar-refractivity contribution is 0.237. The average molecular weight is 304 g/mol. The summed E-state index contributed by atoms with van der Waals surface area (Å²) in [6.07, 6.45) is 1.27. The molecule has 1 rings (SSSR count). The Morgan fingerprint density at radius 1 is 1.42 bits per heavy atom. The van der Waals surface area contributed by atoms with Gasteiger partial charge < -0.3 is 0 Å². The summed E-state index contributed by atoms with van der Waals surface area (Å²) in [5.74, 6) is 0. The van der Waals surface area contributed by atoms with Crippen LogP contribution in [0.5, 0.6) is 0 Å². The summed E-state index contributed by atoms with van der Waals surface area (Å²) in [5.41, 5.74) is 0. The Kier molecular flexibility index (Phi) is 3.35. The van der Waals surface area contributed by atoms with Gasteiger partial charge in [0.1, 0.15) is 0 Å². The van der Waals surface area contributed by atoms with Crippen LogP contribution in [0.2, 0.25) is 0 Å². The Hall–Kier alpha value is 0.600. The Balaban J connectivity index is 2.69. The second kappa shape index (κ2) is 3.77. The fourth-order valence-electron chi connectivity index (χ4n) is 1.39. The van der Waals surface area contributed by atoms with Crippen LogP contribution in [-0.4, -0.2) is 47.8 Å². The summed E-state index contributed by atoms with van der Waals surface area (Å²) >= 11 is 2.22. The molecule has 0 radical (unpaired) electrons. The molecule has 0 aromatic heterocycles. The molecule has 0 aromatic carbocycles. The first kappa shape index (κ1) is 10.7. The van der Waals surface area contributed by atoms with E-state index < -0.39 is 10.0 Å². The second-order valence-corrected chi connectivity index (χ2v) is 6.39. The van der Waals surface area contributed by atoms with Crippen molar-refractivity contribution in [3.8, 4) is 0 Å². The van der Waals surface area contributed by atoms with Crippen LogP contribution in [0.3, 0.4) is 0 Å². The van der Waals surface area contributed by atoms with Crippen LogP contribution in [0.4, 0.5) is 0 Å². The third kappa shape index (κ3) is 2.54. The van der Waals surface area contributed by atoms with Gasteiger partial charge >= 0.3 is 0 Å². The van der Waals surface area contributed by atoms with Gasteiger partial charge in [0.2, 0.25) is 10.0 Å². The van der Waals surface area contributed by atoms with E-state index in [1.807, 2.05) is 6.92 Å². The van der Waals surface area contributed by atoms with E-state index in [0.29, 0.717) is 6.54 Å². The van der Waals surface area contributed by atoms with Crippen LogP contribution in [-0.2, 0) is 10.0 Å². The molecule has 0 spiro atoms. The predicted octanol–water partition coefficient (Wildman–Crippen LogP) is 0.302. The zero-order valence-corrected chi connectivity index (χ0v) is 10.2. The van der Waals surface area contributed by atoms with E-state index in [9.17, 15) is 8.42 Å². The minimum Gasteiger partial charge on any atom is -0.245 e. The molecule has 0 amide bonds. The number of sulfonamides is 1. The Labute approximate surface area is 87.5 Å². The van der Waals surface area contributed by atoms with Gasteiger partial charge in [-0.1, -0.05) is 0 Å². The van der Waals surface area contributed by atoms with Gasteiger partial charge in [0.15, 0.2) is 0 Å². The molecule has 1 saturated heterocycles. The van der Waals surface area contributed by atoms with Crippen LogP contribution in [0.25, 0.3) is 0 Å². The standard InChI is InChI=1S/C6H13IN2O2S/c1-6-5-8(7)3-4-9(6)12(2,10)11/h6H,3-5H2,1-2H3/t6-/m0/s1. The third-order valence-corrected chi connectivity index (χ3v) is 4.21. The molecule has 0 bridgehead atoms. The van der Waals surface area contributed by atoms with Crippen LogP contribution in [0, 0.1) is 0 Å². The molecule has 72 valence electrons. The Bertz CT molecular complexity index is 254. The molecule has 0 N–H and O–H groups in total. The maximum absolute atomic E-state index is 11.2. The molecule has 1 atom stereocenters. The van der Waals surface area contributed by atoms with E-state index in [4.69, 9.17) is 0 Å². The van der Waals surface area contributed by atoms with Crippen LogP contribution < -0.4 is 0 Å². The van der Waals surface area contributed by atoms with Crippen molar-refractivity contribution in [3.05, 3.63) is 0 Å². The monoisotopic (exact) mass is 304 g/mol. The molecule has 0 unspecified atom stereocenters. The molecule has 12 heavy (non-hydrogen) atoms. The van der Waals surface area contributed by atoms with Crippen molar-refractivity contribution < 1.29 is 8.42 Å². The molecule has 4 nitrogen and oxygen atoms in total. The fourth-order valence-corrected chi connectivity index (χ4v) is 3.31. The van der Waals surface area contributed by atoms with Crippen molar-refractivity contribution in [2.45, 2.75) is 13.0 Å².